The molecule has 1 unspecified atom stereocenters. The van der Waals surface area contributed by atoms with E-state index in [1.807, 2.05) is 24.3 Å². The monoisotopic (exact) mass is 345 g/mol. The molecule has 7 nitrogen and oxygen atoms in total. The minimum atomic E-state index is -0.739. The predicted molar refractivity (Wildman–Crippen MR) is 90.1 cm³/mol. The summed E-state index contributed by atoms with van der Waals surface area (Å²) in [6.07, 6.45) is 1.36. The molecule has 134 valence electrons. The lowest BCUT2D eigenvalue weighted by atomic mass is 9.95. The molecule has 0 saturated carbocycles. The maximum Gasteiger partial charge on any atom is 0.342 e. The minimum Gasteiger partial charge on any atom is -0.459 e. The summed E-state index contributed by atoms with van der Waals surface area (Å²) < 4.78 is 5.29. The van der Waals surface area contributed by atoms with E-state index in [9.17, 15) is 14.4 Å². The Kier molecular flexibility index (Phi) is 4.28. The number of nitrogens with zero attached hydrogens (tertiary/aromatic N) is 2. The van der Waals surface area contributed by atoms with Gasteiger partial charge in [0.25, 0.3) is 5.91 Å². The Morgan fingerprint density at radius 1 is 1.20 bits per heavy atom. The van der Waals surface area contributed by atoms with Crippen molar-refractivity contribution in [3.8, 4) is 0 Å². The number of hydrogen-bond acceptors (Lipinski definition) is 5. The van der Waals surface area contributed by atoms with Crippen LogP contribution in [0.2, 0.25) is 0 Å². The molecule has 25 heavy (non-hydrogen) atoms. The zero-order chi connectivity index (χ0) is 18.4. The molecule has 2 aliphatic rings. The second kappa shape index (κ2) is 6.15. The van der Waals surface area contributed by atoms with Gasteiger partial charge in [0.15, 0.2) is 0 Å². The van der Waals surface area contributed by atoms with Crippen LogP contribution in [0, 0.1) is 5.92 Å². The van der Waals surface area contributed by atoms with E-state index in [0.29, 0.717) is 17.9 Å². The van der Waals surface area contributed by atoms with Crippen LogP contribution < -0.4 is 5.84 Å². The van der Waals surface area contributed by atoms with Gasteiger partial charge in [-0.3, -0.25) is 14.5 Å². The molecular formula is C18H23N3O4. The number of fused-ring (bicyclic) bond motifs is 1. The number of rotatable bonds is 3. The minimum absolute atomic E-state index is 0.0927. The van der Waals surface area contributed by atoms with Crippen molar-refractivity contribution in [3.63, 3.8) is 0 Å². The zero-order valence-electron chi connectivity index (χ0n) is 14.7. The highest BCUT2D eigenvalue weighted by Gasteiger charge is 2.49. The molecule has 1 saturated heterocycles. The van der Waals surface area contributed by atoms with Gasteiger partial charge in [-0.25, -0.2) is 10.6 Å². The first-order valence-corrected chi connectivity index (χ1v) is 8.35. The normalized spacial score (nSPS) is 21.0. The topological polar surface area (TPSA) is 92.9 Å². The Morgan fingerprint density at radius 2 is 1.76 bits per heavy atom. The van der Waals surface area contributed by atoms with Crippen molar-refractivity contribution in [3.05, 3.63) is 35.4 Å². The third-order valence-electron chi connectivity index (χ3n) is 4.53. The van der Waals surface area contributed by atoms with Gasteiger partial charge >= 0.3 is 12.0 Å². The lowest BCUT2D eigenvalue weighted by molar-refractivity contribution is -0.155. The number of benzene rings is 1. The van der Waals surface area contributed by atoms with Gasteiger partial charge in [0.05, 0.1) is 0 Å². The summed E-state index contributed by atoms with van der Waals surface area (Å²) in [6, 6.07) is 6.56. The van der Waals surface area contributed by atoms with Crippen LogP contribution in [0.1, 0.15) is 31.9 Å². The summed E-state index contributed by atoms with van der Waals surface area (Å²) in [7, 11) is 0. The maximum absolute atomic E-state index is 12.5. The summed E-state index contributed by atoms with van der Waals surface area (Å²) in [4.78, 5) is 38.3. The first kappa shape index (κ1) is 17.4. The first-order chi connectivity index (χ1) is 11.7. The second-order valence-electron chi connectivity index (χ2n) is 7.59. The summed E-state index contributed by atoms with van der Waals surface area (Å²) in [5.74, 6) is 4.51. The fourth-order valence-electron chi connectivity index (χ4n) is 3.58. The molecule has 1 atom stereocenters. The van der Waals surface area contributed by atoms with E-state index in [-0.39, 0.29) is 12.5 Å². The summed E-state index contributed by atoms with van der Waals surface area (Å²) in [6.45, 7) is 4.97. The number of amides is 3. The lowest BCUT2D eigenvalue weighted by Crippen LogP contribution is -2.45. The Labute approximate surface area is 146 Å². The van der Waals surface area contributed by atoms with Gasteiger partial charge < -0.3 is 4.74 Å². The molecule has 0 spiro atoms. The molecule has 1 aliphatic heterocycles. The van der Waals surface area contributed by atoms with Gasteiger partial charge in [-0.05, 0) is 50.7 Å². The van der Waals surface area contributed by atoms with Crippen LogP contribution in [-0.4, -0.2) is 46.0 Å². The molecule has 1 heterocycles. The Bertz CT molecular complexity index is 700. The van der Waals surface area contributed by atoms with E-state index in [2.05, 4.69) is 0 Å². The standard InChI is InChI=1S/C18H23N3O4/c1-18(2,3)25-14(22)10-20-15(16(23)21(19)17(20)24)13-8-11-6-4-5-7-12(11)9-13/h4-7,13,15H,8-10,19H2,1-3H3. The summed E-state index contributed by atoms with van der Waals surface area (Å²) in [5, 5.41) is 0.609. The van der Waals surface area contributed by atoms with Crippen LogP contribution >= 0.6 is 0 Å². The quantitative estimate of drug-likeness (QED) is 0.385. The van der Waals surface area contributed by atoms with E-state index in [1.165, 1.54) is 16.0 Å². The molecule has 0 bridgehead atoms. The number of nitrogens with two attached hydrogens (primary N) is 1. The highest BCUT2D eigenvalue weighted by atomic mass is 16.6. The van der Waals surface area contributed by atoms with Crippen molar-refractivity contribution >= 4 is 17.9 Å². The van der Waals surface area contributed by atoms with Crippen LogP contribution in [0.5, 0.6) is 0 Å². The smallest absolute Gasteiger partial charge is 0.342 e. The first-order valence-electron chi connectivity index (χ1n) is 8.35. The van der Waals surface area contributed by atoms with Gasteiger partial charge in [-0.2, -0.15) is 5.01 Å². The number of hydrogen-bond donors (Lipinski definition) is 1. The highest BCUT2D eigenvalue weighted by Crippen LogP contribution is 2.33. The van der Waals surface area contributed by atoms with Crippen LogP contribution in [0.15, 0.2) is 24.3 Å². The van der Waals surface area contributed by atoms with E-state index >= 15 is 0 Å². The van der Waals surface area contributed by atoms with E-state index in [1.54, 1.807) is 20.8 Å². The van der Waals surface area contributed by atoms with Gasteiger partial charge in [0.2, 0.25) is 0 Å². The molecule has 1 fully saturated rings. The molecule has 7 heteroatoms. The van der Waals surface area contributed by atoms with E-state index < -0.39 is 29.6 Å². The molecule has 1 aromatic rings. The zero-order valence-corrected chi connectivity index (χ0v) is 14.7. The Hall–Kier alpha value is -2.41. The number of carbonyl (C=O) groups excluding carboxylic acids is 3. The number of esters is 1. The Morgan fingerprint density at radius 3 is 2.28 bits per heavy atom. The third kappa shape index (κ3) is 3.37. The maximum atomic E-state index is 12.5. The lowest BCUT2D eigenvalue weighted by Gasteiger charge is -2.27. The van der Waals surface area contributed by atoms with E-state index in [0.717, 1.165) is 0 Å². The Balaban J connectivity index is 1.80. The van der Waals surface area contributed by atoms with Crippen LogP contribution in [0.25, 0.3) is 0 Å². The fourth-order valence-corrected chi connectivity index (χ4v) is 3.58. The van der Waals surface area contributed by atoms with Crippen molar-refractivity contribution in [2.75, 3.05) is 6.54 Å². The number of ether oxygens (including phenoxy) is 1. The van der Waals surface area contributed by atoms with Crippen molar-refractivity contribution in [2.24, 2.45) is 11.8 Å². The van der Waals surface area contributed by atoms with Gasteiger partial charge in [-0.15, -0.1) is 0 Å². The average Bonchev–Trinajstić information content (AvgIpc) is 3.01. The molecule has 1 aromatic carbocycles. The van der Waals surface area contributed by atoms with Crippen molar-refractivity contribution < 1.29 is 19.1 Å². The van der Waals surface area contributed by atoms with Gasteiger partial charge in [0, 0.05) is 0 Å². The van der Waals surface area contributed by atoms with Gasteiger partial charge in [-0.1, -0.05) is 24.3 Å². The predicted octanol–water partition coefficient (Wildman–Crippen LogP) is 1.25. The molecule has 0 radical (unpaired) electrons. The number of carbonyl (C=O) groups is 3. The highest BCUT2D eigenvalue weighted by molar-refractivity contribution is 6.04. The number of imide groups is 1. The van der Waals surface area contributed by atoms with Crippen molar-refractivity contribution in [1.29, 1.82) is 0 Å². The SMILES string of the molecule is CC(C)(C)OC(=O)CN1C(=O)N(N)C(=O)C1C1Cc2ccccc2C1. The molecule has 2 N–H and O–H groups in total. The van der Waals surface area contributed by atoms with Crippen LogP contribution in [0.3, 0.4) is 0 Å². The molecule has 3 rings (SSSR count). The van der Waals surface area contributed by atoms with Crippen LogP contribution in [0.4, 0.5) is 4.79 Å². The molecule has 1 aliphatic carbocycles. The summed E-state index contributed by atoms with van der Waals surface area (Å²) in [5.41, 5.74) is 1.67. The third-order valence-corrected chi connectivity index (χ3v) is 4.53. The average molecular weight is 345 g/mol. The molecule has 3 amide bonds. The van der Waals surface area contributed by atoms with Crippen molar-refractivity contribution in [1.82, 2.24) is 9.91 Å². The fraction of sp³-hybridized carbons (Fsp3) is 0.500. The number of hydrazine groups is 1. The largest absolute Gasteiger partial charge is 0.459 e. The van der Waals surface area contributed by atoms with Crippen LogP contribution in [-0.2, 0) is 27.2 Å². The number of urea groups is 1. The summed E-state index contributed by atoms with van der Waals surface area (Å²) >= 11 is 0. The second-order valence-corrected chi connectivity index (χ2v) is 7.59. The van der Waals surface area contributed by atoms with Crippen molar-refractivity contribution in [2.45, 2.75) is 45.3 Å². The van der Waals surface area contributed by atoms with Gasteiger partial charge in [0.1, 0.15) is 18.2 Å². The molecule has 0 aromatic heterocycles. The molecular weight excluding hydrogens is 322 g/mol. The van der Waals surface area contributed by atoms with E-state index in [4.69, 9.17) is 10.6 Å².